The van der Waals surface area contributed by atoms with Crippen molar-refractivity contribution in [2.24, 2.45) is 0 Å². The Morgan fingerprint density at radius 1 is 0.585 bits per heavy atom. The second kappa shape index (κ2) is 13.2. The molecule has 1 aromatic heterocycles. The molecule has 0 unspecified atom stereocenters. The Bertz CT molecular complexity index is 886. The lowest BCUT2D eigenvalue weighted by atomic mass is 9.79. The van der Waals surface area contributed by atoms with Crippen LogP contribution in [0.25, 0.3) is 0 Å². The highest BCUT2D eigenvalue weighted by atomic mass is 35.5. The fraction of sp³-hybridized carbons (Fsp3) is 0.903. The lowest BCUT2D eigenvalue weighted by Gasteiger charge is -2.50. The predicted octanol–water partition coefficient (Wildman–Crippen LogP) is 4.66. The van der Waals surface area contributed by atoms with Crippen LogP contribution in [0.1, 0.15) is 93.9 Å². The molecule has 9 nitrogen and oxygen atoms in total. The first-order chi connectivity index (χ1) is 18.8. The fourth-order valence-corrected chi connectivity index (χ4v) is 7.72. The summed E-state index contributed by atoms with van der Waals surface area (Å²) in [5, 5.41) is 7.96. The van der Waals surface area contributed by atoms with Crippen LogP contribution in [-0.2, 0) is 0 Å². The van der Waals surface area contributed by atoms with Crippen LogP contribution in [0, 0.1) is 0 Å². The van der Waals surface area contributed by atoms with E-state index in [0.29, 0.717) is 24.0 Å². The van der Waals surface area contributed by atoms with Gasteiger partial charge in [0.15, 0.2) is 0 Å². The Balaban J connectivity index is 2.03. The van der Waals surface area contributed by atoms with Crippen LogP contribution >= 0.6 is 11.6 Å². The Hall–Kier alpha value is -1.26. The number of aromatic nitrogens is 3. The van der Waals surface area contributed by atoms with Crippen LogP contribution in [0.4, 0.5) is 11.9 Å². The summed E-state index contributed by atoms with van der Waals surface area (Å²) in [4.78, 5) is 24.2. The maximum atomic E-state index is 6.75. The third-order valence-corrected chi connectivity index (χ3v) is 8.49. The quantitative estimate of drug-likeness (QED) is 0.360. The van der Waals surface area contributed by atoms with E-state index < -0.39 is 0 Å². The monoisotopic (exact) mass is 593 g/mol. The van der Waals surface area contributed by atoms with Crippen LogP contribution in [0.15, 0.2) is 0 Å². The molecule has 1 aromatic rings. The Morgan fingerprint density at radius 3 is 1.20 bits per heavy atom. The number of piperidine rings is 2. The minimum Gasteiger partial charge on any atom is -0.337 e. The average Bonchev–Trinajstić information content (AvgIpc) is 2.74. The van der Waals surface area contributed by atoms with Gasteiger partial charge in [0.05, 0.1) is 0 Å². The minimum atomic E-state index is 0.0103. The van der Waals surface area contributed by atoms with Crippen molar-refractivity contribution in [3.05, 3.63) is 5.28 Å². The van der Waals surface area contributed by atoms with Crippen molar-refractivity contribution < 1.29 is 0 Å². The number of nitrogens with one attached hydrogen (secondary N) is 2. The second-order valence-corrected chi connectivity index (χ2v) is 16.2. The lowest BCUT2D eigenvalue weighted by Crippen LogP contribution is -2.63. The number of anilines is 2. The molecule has 0 aliphatic carbocycles. The van der Waals surface area contributed by atoms with Gasteiger partial charge in [0.25, 0.3) is 0 Å². The van der Waals surface area contributed by atoms with Gasteiger partial charge < -0.3 is 30.2 Å². The molecular weight excluding hydrogens is 534 g/mol. The molecule has 10 heteroatoms. The SMILES string of the molecule is CN(C)CCCN(c1nc(Cl)nc(N(CCCN(C)C)C2CC(C)(C)NC(C)(C)C2)n1)C1CC(C)(C)NC(C)(C)C1. The summed E-state index contributed by atoms with van der Waals surface area (Å²) in [5.74, 6) is 1.42. The van der Waals surface area contributed by atoms with E-state index in [-0.39, 0.29) is 27.4 Å². The van der Waals surface area contributed by atoms with Crippen LogP contribution in [0.3, 0.4) is 0 Å². The fourth-order valence-electron chi connectivity index (χ4n) is 7.57. The lowest BCUT2D eigenvalue weighted by molar-refractivity contribution is 0.157. The summed E-state index contributed by atoms with van der Waals surface area (Å²) in [6.07, 6.45) is 6.11. The zero-order valence-corrected chi connectivity index (χ0v) is 29.0. The van der Waals surface area contributed by atoms with Crippen molar-refractivity contribution in [2.75, 3.05) is 64.2 Å². The van der Waals surface area contributed by atoms with Crippen molar-refractivity contribution in [3.63, 3.8) is 0 Å². The van der Waals surface area contributed by atoms with Crippen LogP contribution in [0.5, 0.6) is 0 Å². The van der Waals surface area contributed by atoms with Crippen molar-refractivity contribution >= 4 is 23.5 Å². The van der Waals surface area contributed by atoms with Gasteiger partial charge in [-0.3, -0.25) is 0 Å². The van der Waals surface area contributed by atoms with Crippen LogP contribution in [0.2, 0.25) is 5.28 Å². The van der Waals surface area contributed by atoms with E-state index in [1.807, 2.05) is 0 Å². The van der Waals surface area contributed by atoms with Gasteiger partial charge >= 0.3 is 0 Å². The first kappa shape index (κ1) is 34.2. The Morgan fingerprint density at radius 2 is 0.902 bits per heavy atom. The maximum absolute atomic E-state index is 6.75. The molecule has 0 saturated carbocycles. The summed E-state index contributed by atoms with van der Waals surface area (Å²) < 4.78 is 0. The third kappa shape index (κ3) is 10.4. The third-order valence-electron chi connectivity index (χ3n) is 8.33. The zero-order chi connectivity index (χ0) is 30.8. The van der Waals surface area contributed by atoms with Crippen molar-refractivity contribution in [3.8, 4) is 0 Å². The number of halogens is 1. The smallest absolute Gasteiger partial charge is 0.231 e. The first-order valence-electron chi connectivity index (χ1n) is 15.6. The highest BCUT2D eigenvalue weighted by Gasteiger charge is 2.42. The number of nitrogens with zero attached hydrogens (tertiary/aromatic N) is 7. The van der Waals surface area contributed by atoms with E-state index in [4.69, 9.17) is 26.6 Å². The highest BCUT2D eigenvalue weighted by Crippen LogP contribution is 2.36. The second-order valence-electron chi connectivity index (χ2n) is 15.8. The van der Waals surface area contributed by atoms with Gasteiger partial charge in [0.2, 0.25) is 17.2 Å². The van der Waals surface area contributed by atoms with E-state index in [1.165, 1.54) is 0 Å². The van der Waals surface area contributed by atoms with Gasteiger partial charge in [-0.15, -0.1) is 0 Å². The first-order valence-corrected chi connectivity index (χ1v) is 16.0. The van der Waals surface area contributed by atoms with Crippen LogP contribution < -0.4 is 20.4 Å². The minimum absolute atomic E-state index is 0.0103. The number of rotatable bonds is 12. The number of hydrogen-bond donors (Lipinski definition) is 2. The molecule has 0 aromatic carbocycles. The molecule has 0 bridgehead atoms. The van der Waals surface area contributed by atoms with Crippen molar-refractivity contribution in [1.82, 2.24) is 35.4 Å². The highest BCUT2D eigenvalue weighted by molar-refractivity contribution is 6.28. The molecule has 2 aliphatic rings. The molecule has 0 atom stereocenters. The molecule has 3 rings (SSSR count). The maximum Gasteiger partial charge on any atom is 0.231 e. The van der Waals surface area contributed by atoms with Gasteiger partial charge in [-0.2, -0.15) is 15.0 Å². The van der Waals surface area contributed by atoms with Crippen molar-refractivity contribution in [2.45, 2.75) is 128 Å². The topological polar surface area (TPSA) is 75.7 Å². The molecular formula is C31H60ClN9. The molecule has 2 fully saturated rings. The number of hydrogen-bond acceptors (Lipinski definition) is 9. The summed E-state index contributed by atoms with van der Waals surface area (Å²) in [6.45, 7) is 22.2. The Labute approximate surface area is 256 Å². The molecule has 236 valence electrons. The van der Waals surface area contributed by atoms with Gasteiger partial charge in [0.1, 0.15) is 0 Å². The molecule has 0 radical (unpaired) electrons. The predicted molar refractivity (Wildman–Crippen MR) is 175 cm³/mol. The van der Waals surface area contributed by atoms with E-state index in [0.717, 1.165) is 64.7 Å². The summed E-state index contributed by atoms with van der Waals surface area (Å²) in [7, 11) is 8.53. The summed E-state index contributed by atoms with van der Waals surface area (Å²) in [6, 6.07) is 0.599. The zero-order valence-electron chi connectivity index (χ0n) is 28.2. The molecule has 3 heterocycles. The van der Waals surface area contributed by atoms with Gasteiger partial charge in [-0.1, -0.05) is 0 Å². The summed E-state index contributed by atoms with van der Waals surface area (Å²) in [5.41, 5.74) is 0.0411. The van der Waals surface area contributed by atoms with E-state index >= 15 is 0 Å². The standard InChI is InChI=1S/C31H60ClN9/c1-28(2)19-23(20-29(3,4)36-28)40(17-13-15-38(9)10)26-33-25(32)34-27(35-26)41(18-14-16-39(11)12)24-21-30(5,6)37-31(7,8)22-24/h23-24,36-37H,13-22H2,1-12H3. The van der Waals surface area contributed by atoms with Gasteiger partial charge in [0, 0.05) is 47.3 Å². The molecule has 2 saturated heterocycles. The molecule has 0 amide bonds. The Kier molecular flexibility index (Phi) is 11.0. The van der Waals surface area contributed by atoms with Gasteiger partial charge in [-0.05, 0) is 147 Å². The molecule has 2 N–H and O–H groups in total. The van der Waals surface area contributed by atoms with E-state index in [2.05, 4.69) is 114 Å². The normalized spacial score (nSPS) is 22.3. The molecule has 2 aliphatic heterocycles. The average molecular weight is 594 g/mol. The van der Waals surface area contributed by atoms with E-state index in [1.54, 1.807) is 0 Å². The van der Waals surface area contributed by atoms with Crippen molar-refractivity contribution in [1.29, 1.82) is 0 Å². The van der Waals surface area contributed by atoms with E-state index in [9.17, 15) is 0 Å². The molecule has 0 spiro atoms. The van der Waals surface area contributed by atoms with Gasteiger partial charge in [-0.25, -0.2) is 0 Å². The summed E-state index contributed by atoms with van der Waals surface area (Å²) >= 11 is 6.75. The molecule has 41 heavy (non-hydrogen) atoms. The largest absolute Gasteiger partial charge is 0.337 e. The van der Waals surface area contributed by atoms with Crippen LogP contribution in [-0.4, -0.2) is 113 Å².